The molecular formula is C60H37N7O. The van der Waals surface area contributed by atoms with E-state index in [2.05, 4.69) is 89.5 Å². The van der Waals surface area contributed by atoms with Gasteiger partial charge in [-0.25, -0.2) is 29.9 Å². The van der Waals surface area contributed by atoms with Crippen molar-refractivity contribution < 1.29 is 4.42 Å². The minimum absolute atomic E-state index is 0.549. The predicted molar refractivity (Wildman–Crippen MR) is 273 cm³/mol. The molecule has 0 saturated heterocycles. The standard InChI is InChI=1S/C60H37N7O/c1-5-18-38(19-6-1)55-61-56(39-20-7-2-8-21-39)64-59(63-55)43-33-35-50-47(37-43)45-26-13-15-29-49(45)67(50)51-34-32-42(44-28-17-31-53-54(44)46-27-14-16-30-52(46)68-53)36-48(51)60-65-57(40-22-9-3-10-23-40)62-58(66-60)41-24-11-4-12-25-41/h1-37H. The number of para-hydroxylation sites is 2. The second-order valence-electron chi connectivity index (χ2n) is 16.7. The summed E-state index contributed by atoms with van der Waals surface area (Å²) in [5, 5.41) is 4.25. The Bertz CT molecular complexity index is 3900. The quantitative estimate of drug-likeness (QED) is 0.150. The Hall–Kier alpha value is -9.40. The summed E-state index contributed by atoms with van der Waals surface area (Å²) in [6.45, 7) is 0. The van der Waals surface area contributed by atoms with Crippen LogP contribution in [0.3, 0.4) is 0 Å². The molecule has 4 aromatic heterocycles. The average Bonchev–Trinajstić information content (AvgIpc) is 3.97. The van der Waals surface area contributed by atoms with Gasteiger partial charge in [0.15, 0.2) is 34.9 Å². The van der Waals surface area contributed by atoms with Crippen molar-refractivity contribution in [3.05, 3.63) is 224 Å². The zero-order chi connectivity index (χ0) is 45.0. The minimum atomic E-state index is 0.549. The normalized spacial score (nSPS) is 11.5. The summed E-state index contributed by atoms with van der Waals surface area (Å²) in [6, 6.07) is 76.5. The van der Waals surface area contributed by atoms with E-state index in [9.17, 15) is 0 Å². The van der Waals surface area contributed by atoms with Crippen molar-refractivity contribution in [1.82, 2.24) is 34.5 Å². The fraction of sp³-hybridized carbons (Fsp3) is 0. The number of benzene rings is 9. The summed E-state index contributed by atoms with van der Waals surface area (Å²) < 4.78 is 8.72. The molecule has 9 aromatic carbocycles. The Balaban J connectivity index is 1.06. The average molecular weight is 872 g/mol. The first-order chi connectivity index (χ1) is 33.7. The molecule has 0 radical (unpaired) electrons. The van der Waals surface area contributed by atoms with Gasteiger partial charge in [0.05, 0.1) is 16.7 Å². The Kier molecular flexibility index (Phi) is 9.31. The number of nitrogens with zero attached hydrogens (tertiary/aromatic N) is 7. The van der Waals surface area contributed by atoms with Gasteiger partial charge in [-0.2, -0.15) is 0 Å². The molecule has 8 heteroatoms. The third-order valence-electron chi connectivity index (χ3n) is 12.5. The van der Waals surface area contributed by atoms with Crippen molar-refractivity contribution in [2.75, 3.05) is 0 Å². The monoisotopic (exact) mass is 871 g/mol. The van der Waals surface area contributed by atoms with E-state index in [1.807, 2.05) is 140 Å². The molecule has 4 heterocycles. The van der Waals surface area contributed by atoms with Crippen LogP contribution in [0.1, 0.15) is 0 Å². The number of fused-ring (bicyclic) bond motifs is 6. The van der Waals surface area contributed by atoms with Gasteiger partial charge in [0.2, 0.25) is 0 Å². The van der Waals surface area contributed by atoms with Crippen LogP contribution in [0.2, 0.25) is 0 Å². The molecule has 0 unspecified atom stereocenters. The number of furan rings is 1. The molecule has 0 N–H and O–H groups in total. The van der Waals surface area contributed by atoms with Crippen LogP contribution in [0.5, 0.6) is 0 Å². The summed E-state index contributed by atoms with van der Waals surface area (Å²) in [7, 11) is 0. The molecule has 0 aliphatic carbocycles. The van der Waals surface area contributed by atoms with Gasteiger partial charge in [0.25, 0.3) is 0 Å². The van der Waals surface area contributed by atoms with Crippen molar-refractivity contribution in [2.45, 2.75) is 0 Å². The van der Waals surface area contributed by atoms with Crippen LogP contribution in [-0.4, -0.2) is 34.5 Å². The van der Waals surface area contributed by atoms with Crippen molar-refractivity contribution in [3.8, 4) is 85.1 Å². The molecule has 0 amide bonds. The van der Waals surface area contributed by atoms with Gasteiger partial charge in [0, 0.05) is 54.9 Å². The van der Waals surface area contributed by atoms with Crippen molar-refractivity contribution >= 4 is 43.7 Å². The summed E-state index contributed by atoms with van der Waals surface area (Å²) >= 11 is 0. The first-order valence-electron chi connectivity index (χ1n) is 22.5. The van der Waals surface area contributed by atoms with Crippen molar-refractivity contribution in [2.24, 2.45) is 0 Å². The van der Waals surface area contributed by atoms with Crippen LogP contribution >= 0.6 is 0 Å². The van der Waals surface area contributed by atoms with E-state index in [1.54, 1.807) is 0 Å². The van der Waals surface area contributed by atoms with E-state index in [4.69, 9.17) is 34.3 Å². The van der Waals surface area contributed by atoms with Crippen molar-refractivity contribution in [3.63, 3.8) is 0 Å². The number of hydrogen-bond donors (Lipinski definition) is 0. The van der Waals surface area contributed by atoms with E-state index < -0.39 is 0 Å². The molecule has 0 bridgehead atoms. The van der Waals surface area contributed by atoms with Crippen LogP contribution in [0.15, 0.2) is 229 Å². The predicted octanol–water partition coefficient (Wildman–Crippen LogP) is 14.7. The summed E-state index contributed by atoms with van der Waals surface area (Å²) in [6.07, 6.45) is 0. The van der Waals surface area contributed by atoms with Crippen LogP contribution in [-0.2, 0) is 0 Å². The minimum Gasteiger partial charge on any atom is -0.456 e. The molecule has 13 rings (SSSR count). The second-order valence-corrected chi connectivity index (χ2v) is 16.7. The molecule has 0 fully saturated rings. The largest absolute Gasteiger partial charge is 0.456 e. The highest BCUT2D eigenvalue weighted by atomic mass is 16.3. The Labute approximate surface area is 390 Å². The maximum Gasteiger partial charge on any atom is 0.166 e. The van der Waals surface area contributed by atoms with E-state index >= 15 is 0 Å². The first kappa shape index (κ1) is 39.0. The first-order valence-corrected chi connectivity index (χ1v) is 22.5. The van der Waals surface area contributed by atoms with Gasteiger partial charge in [-0.15, -0.1) is 0 Å². The smallest absolute Gasteiger partial charge is 0.166 e. The molecule has 13 aromatic rings. The maximum atomic E-state index is 6.39. The summed E-state index contributed by atoms with van der Waals surface area (Å²) in [5.74, 6) is 3.54. The van der Waals surface area contributed by atoms with Gasteiger partial charge in [0.1, 0.15) is 11.2 Å². The molecule has 318 valence electrons. The molecule has 0 saturated carbocycles. The van der Waals surface area contributed by atoms with E-state index in [0.717, 1.165) is 93.9 Å². The lowest BCUT2D eigenvalue weighted by Crippen LogP contribution is -2.04. The Morgan fingerprint density at radius 3 is 1.32 bits per heavy atom. The number of aromatic nitrogens is 7. The highest BCUT2D eigenvalue weighted by Gasteiger charge is 2.23. The lowest BCUT2D eigenvalue weighted by Gasteiger charge is -2.17. The number of rotatable bonds is 8. The topological polar surface area (TPSA) is 95.4 Å². The number of hydrogen-bond acceptors (Lipinski definition) is 7. The Morgan fingerprint density at radius 2 is 0.735 bits per heavy atom. The third-order valence-corrected chi connectivity index (χ3v) is 12.5. The van der Waals surface area contributed by atoms with Gasteiger partial charge in [-0.3, -0.25) is 0 Å². The van der Waals surface area contributed by atoms with Crippen LogP contribution in [0.25, 0.3) is 129 Å². The van der Waals surface area contributed by atoms with Gasteiger partial charge in [-0.1, -0.05) is 176 Å². The highest BCUT2D eigenvalue weighted by molar-refractivity contribution is 6.13. The molecule has 8 nitrogen and oxygen atoms in total. The van der Waals surface area contributed by atoms with Crippen LogP contribution < -0.4 is 0 Å². The van der Waals surface area contributed by atoms with Gasteiger partial charge >= 0.3 is 0 Å². The SMILES string of the molecule is c1ccc(-c2nc(-c3ccccc3)nc(-c3ccc4c(c3)c3ccccc3n4-c3ccc(-c4cccc5oc6ccccc6c45)cc3-c3nc(-c4ccccc4)nc(-c4ccccc4)n3)n2)cc1. The zero-order valence-corrected chi connectivity index (χ0v) is 36.4. The summed E-state index contributed by atoms with van der Waals surface area (Å²) in [5.41, 5.74) is 12.0. The van der Waals surface area contributed by atoms with E-state index in [1.165, 1.54) is 0 Å². The lowest BCUT2D eigenvalue weighted by atomic mass is 9.96. The molecule has 0 atom stereocenters. The maximum absolute atomic E-state index is 6.39. The van der Waals surface area contributed by atoms with Crippen molar-refractivity contribution in [1.29, 1.82) is 0 Å². The molecular weight excluding hydrogens is 835 g/mol. The zero-order valence-electron chi connectivity index (χ0n) is 36.4. The third kappa shape index (κ3) is 6.78. The van der Waals surface area contributed by atoms with Crippen LogP contribution in [0, 0.1) is 0 Å². The second kappa shape index (κ2) is 16.2. The highest BCUT2D eigenvalue weighted by Crippen LogP contribution is 2.42. The Morgan fingerprint density at radius 1 is 0.279 bits per heavy atom. The lowest BCUT2D eigenvalue weighted by molar-refractivity contribution is 0.669. The molecule has 0 aliphatic heterocycles. The van der Waals surface area contributed by atoms with Crippen LogP contribution in [0.4, 0.5) is 0 Å². The summed E-state index contributed by atoms with van der Waals surface area (Å²) in [4.78, 5) is 30.8. The van der Waals surface area contributed by atoms with Gasteiger partial charge in [-0.05, 0) is 59.7 Å². The molecule has 0 spiro atoms. The van der Waals surface area contributed by atoms with E-state index in [-0.39, 0.29) is 0 Å². The molecule has 0 aliphatic rings. The fourth-order valence-corrected chi connectivity index (χ4v) is 9.33. The van der Waals surface area contributed by atoms with Gasteiger partial charge < -0.3 is 8.98 Å². The van der Waals surface area contributed by atoms with E-state index in [0.29, 0.717) is 34.9 Å². The molecule has 68 heavy (non-hydrogen) atoms. The fourth-order valence-electron chi connectivity index (χ4n) is 9.33.